The molecule has 2 atom stereocenters. The molecular formula is C17H34N2O10S2. The molecule has 0 aromatic heterocycles. The van der Waals surface area contributed by atoms with Crippen LogP contribution in [-0.2, 0) is 38.2 Å². The summed E-state index contributed by atoms with van der Waals surface area (Å²) < 4.78 is 57.9. The zero-order valence-corrected chi connectivity index (χ0v) is 19.9. The maximum Gasteiger partial charge on any atom is 0.308 e. The highest BCUT2D eigenvalue weighted by Crippen LogP contribution is 2.28. The molecule has 0 spiro atoms. The second-order valence-electron chi connectivity index (χ2n) is 8.63. The van der Waals surface area contributed by atoms with Crippen LogP contribution >= 0.6 is 0 Å². The molecule has 184 valence electrons. The Morgan fingerprint density at radius 3 is 1.29 bits per heavy atom. The van der Waals surface area contributed by atoms with Crippen LogP contribution in [0.2, 0.25) is 0 Å². The van der Waals surface area contributed by atoms with E-state index in [1.807, 2.05) is 0 Å². The molecule has 31 heavy (non-hydrogen) atoms. The normalized spacial score (nSPS) is 15.4. The predicted octanol–water partition coefficient (Wildman–Crippen LogP) is -0.559. The summed E-state index contributed by atoms with van der Waals surface area (Å²) in [4.78, 5) is 22.4. The van der Waals surface area contributed by atoms with Gasteiger partial charge < -0.3 is 21.7 Å². The molecule has 0 aliphatic heterocycles. The average Bonchev–Trinajstić information content (AvgIpc) is 2.58. The zero-order chi connectivity index (χ0) is 24.7. The fourth-order valence-electron chi connectivity index (χ4n) is 2.72. The van der Waals surface area contributed by atoms with Crippen molar-refractivity contribution in [2.24, 2.45) is 34.1 Å². The van der Waals surface area contributed by atoms with E-state index in [-0.39, 0.29) is 19.5 Å². The highest BCUT2D eigenvalue weighted by Gasteiger charge is 2.37. The maximum absolute atomic E-state index is 12.0. The number of rotatable bonds is 16. The molecule has 0 amide bonds. The summed E-state index contributed by atoms with van der Waals surface area (Å²) in [6, 6.07) is 0. The Kier molecular flexibility index (Phi) is 11.0. The molecule has 0 aromatic carbocycles. The highest BCUT2D eigenvalue weighted by atomic mass is 32.2. The van der Waals surface area contributed by atoms with E-state index in [1.165, 1.54) is 27.7 Å². The van der Waals surface area contributed by atoms with Crippen molar-refractivity contribution in [3.8, 4) is 0 Å². The van der Waals surface area contributed by atoms with Crippen LogP contribution in [0.3, 0.4) is 0 Å². The van der Waals surface area contributed by atoms with Gasteiger partial charge >= 0.3 is 11.9 Å². The third-order valence-electron chi connectivity index (χ3n) is 4.96. The van der Waals surface area contributed by atoms with Gasteiger partial charge in [0.15, 0.2) is 0 Å². The van der Waals surface area contributed by atoms with Crippen LogP contribution in [0.4, 0.5) is 0 Å². The van der Waals surface area contributed by atoms with Crippen LogP contribution in [0.25, 0.3) is 0 Å². The predicted molar refractivity (Wildman–Crippen MR) is 112 cm³/mol. The Balaban J connectivity index is 4.77. The van der Waals surface area contributed by atoms with E-state index >= 15 is 0 Å². The summed E-state index contributed by atoms with van der Waals surface area (Å²) in [5.41, 5.74) is 8.71. The van der Waals surface area contributed by atoms with Crippen molar-refractivity contribution in [3.63, 3.8) is 0 Å². The van der Waals surface area contributed by atoms with Crippen molar-refractivity contribution >= 4 is 32.2 Å². The molecule has 0 saturated carbocycles. The minimum atomic E-state index is -4.12. The lowest BCUT2D eigenvalue weighted by molar-refractivity contribution is -0.147. The molecule has 0 aliphatic rings. The smallest absolute Gasteiger partial charge is 0.308 e. The molecular weight excluding hydrogens is 456 g/mol. The Morgan fingerprint density at radius 1 is 0.774 bits per heavy atom. The van der Waals surface area contributed by atoms with Gasteiger partial charge in [-0.2, -0.15) is 16.8 Å². The number of aliphatic carboxylic acids is 2. The van der Waals surface area contributed by atoms with Crippen LogP contribution in [0.5, 0.6) is 0 Å². The Bertz CT molecular complexity index is 754. The first-order chi connectivity index (χ1) is 13.9. The second-order valence-corrected chi connectivity index (χ2v) is 12.2. The standard InChI is InChI=1S/C17H34N2O10S2/c1-16(2,12(8-18)14(20)21)10-28-30(24,25)6-5-7-31(26,27)29-11-17(3,4)13(9-19)15(22)23/h12-13H,5-11,18-19H2,1-4H3,(H,20,21)(H,22,23). The van der Waals surface area contributed by atoms with Gasteiger partial charge in [-0.05, 0) is 6.42 Å². The van der Waals surface area contributed by atoms with Gasteiger partial charge in [-0.1, -0.05) is 27.7 Å². The van der Waals surface area contributed by atoms with E-state index < -0.39 is 79.6 Å². The number of carboxylic acids is 2. The lowest BCUT2D eigenvalue weighted by atomic mass is 9.79. The molecule has 0 saturated heterocycles. The Labute approximate surface area is 183 Å². The minimum Gasteiger partial charge on any atom is -0.481 e. The van der Waals surface area contributed by atoms with Crippen LogP contribution in [-0.4, -0.2) is 76.8 Å². The monoisotopic (exact) mass is 490 g/mol. The van der Waals surface area contributed by atoms with Crippen LogP contribution < -0.4 is 11.5 Å². The van der Waals surface area contributed by atoms with Crippen LogP contribution in [0, 0.1) is 22.7 Å². The number of carbonyl (C=O) groups is 2. The molecule has 0 fully saturated rings. The minimum absolute atomic E-state index is 0.204. The third kappa shape index (κ3) is 10.2. The van der Waals surface area contributed by atoms with E-state index in [0.717, 1.165) is 0 Å². The lowest BCUT2D eigenvalue weighted by Gasteiger charge is -2.30. The molecule has 2 unspecified atom stereocenters. The third-order valence-corrected chi connectivity index (χ3v) is 7.50. The molecule has 12 nitrogen and oxygen atoms in total. The molecule has 0 heterocycles. The van der Waals surface area contributed by atoms with Crippen molar-refractivity contribution in [2.45, 2.75) is 34.1 Å². The number of carboxylic acid groups (broad SMARTS) is 2. The van der Waals surface area contributed by atoms with Gasteiger partial charge in [-0.3, -0.25) is 18.0 Å². The summed E-state index contributed by atoms with van der Waals surface area (Å²) >= 11 is 0. The molecule has 0 radical (unpaired) electrons. The summed E-state index contributed by atoms with van der Waals surface area (Å²) in [5.74, 6) is -5.67. The fraction of sp³-hybridized carbons (Fsp3) is 0.882. The quantitative estimate of drug-likeness (QED) is 0.200. The Hall–Kier alpha value is -1.32. The van der Waals surface area contributed by atoms with Crippen molar-refractivity contribution in [1.82, 2.24) is 0 Å². The first-order valence-corrected chi connectivity index (χ1v) is 12.7. The Morgan fingerprint density at radius 2 is 1.06 bits per heavy atom. The van der Waals surface area contributed by atoms with Crippen molar-refractivity contribution in [1.29, 1.82) is 0 Å². The largest absolute Gasteiger partial charge is 0.481 e. The van der Waals surface area contributed by atoms with E-state index in [9.17, 15) is 26.4 Å². The number of hydrogen-bond donors (Lipinski definition) is 4. The van der Waals surface area contributed by atoms with Gasteiger partial charge in [0.25, 0.3) is 20.2 Å². The zero-order valence-electron chi connectivity index (χ0n) is 18.2. The SMILES string of the molecule is CC(C)(COS(=O)(=O)CCCS(=O)(=O)OCC(C)(C)C(CN)C(=O)O)C(CN)C(=O)O. The second kappa shape index (κ2) is 11.5. The summed E-state index contributed by atoms with van der Waals surface area (Å²) in [7, 11) is -8.25. The topological polar surface area (TPSA) is 213 Å². The maximum atomic E-state index is 12.0. The summed E-state index contributed by atoms with van der Waals surface area (Å²) in [6.45, 7) is 4.72. The first-order valence-electron chi connectivity index (χ1n) is 9.50. The van der Waals surface area contributed by atoms with Crippen LogP contribution in [0.15, 0.2) is 0 Å². The van der Waals surface area contributed by atoms with Gasteiger partial charge in [-0.25, -0.2) is 0 Å². The molecule has 0 rings (SSSR count). The van der Waals surface area contributed by atoms with Crippen molar-refractivity contribution in [2.75, 3.05) is 37.8 Å². The van der Waals surface area contributed by atoms with E-state index in [1.54, 1.807) is 0 Å². The molecule has 14 heteroatoms. The average molecular weight is 491 g/mol. The van der Waals surface area contributed by atoms with Crippen molar-refractivity contribution < 1.29 is 45.0 Å². The molecule has 0 aromatic rings. The van der Waals surface area contributed by atoms with Crippen LogP contribution in [0.1, 0.15) is 34.1 Å². The van der Waals surface area contributed by atoms with Gasteiger partial charge in [-0.15, -0.1) is 0 Å². The summed E-state index contributed by atoms with van der Waals surface area (Å²) in [5, 5.41) is 18.3. The summed E-state index contributed by atoms with van der Waals surface area (Å²) in [6.07, 6.45) is -0.329. The van der Waals surface area contributed by atoms with Gasteiger partial charge in [0.05, 0.1) is 36.6 Å². The van der Waals surface area contributed by atoms with E-state index in [4.69, 9.17) is 30.0 Å². The molecule has 6 N–H and O–H groups in total. The van der Waals surface area contributed by atoms with Crippen molar-refractivity contribution in [3.05, 3.63) is 0 Å². The van der Waals surface area contributed by atoms with Gasteiger partial charge in [0, 0.05) is 23.9 Å². The van der Waals surface area contributed by atoms with Gasteiger partial charge in [0.2, 0.25) is 0 Å². The number of nitrogens with two attached hydrogens (primary N) is 2. The van der Waals surface area contributed by atoms with E-state index in [0.29, 0.717) is 0 Å². The van der Waals surface area contributed by atoms with Gasteiger partial charge in [0.1, 0.15) is 0 Å². The number of hydrogen-bond acceptors (Lipinski definition) is 10. The van der Waals surface area contributed by atoms with E-state index in [2.05, 4.69) is 0 Å². The lowest BCUT2D eigenvalue weighted by Crippen LogP contribution is -2.40. The fourth-order valence-corrected chi connectivity index (χ4v) is 5.10. The highest BCUT2D eigenvalue weighted by molar-refractivity contribution is 7.87. The molecule has 0 aliphatic carbocycles. The molecule has 0 bridgehead atoms. The first kappa shape index (κ1) is 29.7.